The number of carbonyl (C=O) groups is 2. The highest BCUT2D eigenvalue weighted by Crippen LogP contribution is 2.34. The molecular weight excluding hydrogens is 362 g/mol. The van der Waals surface area contributed by atoms with E-state index in [9.17, 15) is 9.59 Å². The topological polar surface area (TPSA) is 61.4 Å². The summed E-state index contributed by atoms with van der Waals surface area (Å²) in [5.41, 5.74) is 2.95. The van der Waals surface area contributed by atoms with Crippen molar-refractivity contribution in [3.63, 3.8) is 0 Å². The van der Waals surface area contributed by atoms with Crippen molar-refractivity contribution in [3.8, 4) is 0 Å². The lowest BCUT2D eigenvalue weighted by Crippen LogP contribution is -2.60. The van der Waals surface area contributed by atoms with Gasteiger partial charge >= 0.3 is 6.03 Å². The van der Waals surface area contributed by atoms with E-state index >= 15 is 0 Å². The summed E-state index contributed by atoms with van der Waals surface area (Å²) >= 11 is 0. The maximum atomic E-state index is 12.9. The van der Waals surface area contributed by atoms with Crippen molar-refractivity contribution in [2.45, 2.75) is 63.7 Å². The largest absolute Gasteiger partial charge is 0.349 e. The van der Waals surface area contributed by atoms with Gasteiger partial charge in [0, 0.05) is 30.2 Å². The van der Waals surface area contributed by atoms with Crippen LogP contribution in [-0.2, 0) is 6.54 Å². The molecule has 0 aromatic heterocycles. The first kappa shape index (κ1) is 19.5. The zero-order valence-corrected chi connectivity index (χ0v) is 16.9. The Balaban J connectivity index is 1.36. The number of aryl methyl sites for hydroxylation is 1. The standard InChI is InChI=1S/C24H29N3O2/c1-17-10-12-19(13-11-17)23(28)26-20-14-21-8-5-9-22(15-20)27(21)24(29)25-16-18-6-3-2-4-7-18/h2-4,6-7,10-13,20-22H,5,8-9,14-16H2,1H3,(H,25,29)(H,26,28). The van der Waals surface area contributed by atoms with Gasteiger partial charge in [-0.05, 0) is 56.7 Å². The van der Waals surface area contributed by atoms with Crippen LogP contribution in [0.2, 0.25) is 0 Å². The maximum Gasteiger partial charge on any atom is 0.318 e. The first-order valence-electron chi connectivity index (χ1n) is 10.6. The summed E-state index contributed by atoms with van der Waals surface area (Å²) in [6.45, 7) is 2.56. The second-order valence-electron chi connectivity index (χ2n) is 8.30. The molecule has 0 aliphatic carbocycles. The third kappa shape index (κ3) is 4.61. The molecule has 0 saturated carbocycles. The number of hydrogen-bond acceptors (Lipinski definition) is 2. The third-order valence-electron chi connectivity index (χ3n) is 6.14. The molecule has 5 nitrogen and oxygen atoms in total. The number of rotatable bonds is 4. The summed E-state index contributed by atoms with van der Waals surface area (Å²) in [5, 5.41) is 6.29. The zero-order valence-electron chi connectivity index (χ0n) is 16.9. The van der Waals surface area contributed by atoms with Gasteiger partial charge in [-0.2, -0.15) is 0 Å². The fraction of sp³-hybridized carbons (Fsp3) is 0.417. The molecule has 2 atom stereocenters. The minimum absolute atomic E-state index is 0.0185. The maximum absolute atomic E-state index is 12.9. The Labute approximate surface area is 172 Å². The number of hydrogen-bond donors (Lipinski definition) is 2. The van der Waals surface area contributed by atoms with E-state index in [1.165, 1.54) is 0 Å². The molecule has 2 heterocycles. The summed E-state index contributed by atoms with van der Waals surface area (Å²) < 4.78 is 0. The van der Waals surface area contributed by atoms with Crippen LogP contribution in [0.4, 0.5) is 4.79 Å². The monoisotopic (exact) mass is 391 g/mol. The predicted octanol–water partition coefficient (Wildman–Crippen LogP) is 4.02. The molecule has 2 saturated heterocycles. The van der Waals surface area contributed by atoms with Crippen LogP contribution in [0.1, 0.15) is 53.6 Å². The van der Waals surface area contributed by atoms with Gasteiger partial charge in [-0.3, -0.25) is 4.79 Å². The van der Waals surface area contributed by atoms with E-state index in [0.717, 1.165) is 43.2 Å². The van der Waals surface area contributed by atoms with Gasteiger partial charge in [-0.1, -0.05) is 48.0 Å². The molecule has 2 N–H and O–H groups in total. The van der Waals surface area contributed by atoms with E-state index in [0.29, 0.717) is 12.1 Å². The van der Waals surface area contributed by atoms with Crippen molar-refractivity contribution in [2.75, 3.05) is 0 Å². The fourth-order valence-electron chi connectivity index (χ4n) is 4.67. The average molecular weight is 392 g/mol. The van der Waals surface area contributed by atoms with Crippen molar-refractivity contribution >= 4 is 11.9 Å². The molecule has 2 aliphatic rings. The Bertz CT molecular complexity index is 836. The number of amides is 3. The number of nitrogens with zero attached hydrogens (tertiary/aromatic N) is 1. The summed E-state index contributed by atoms with van der Waals surface area (Å²) in [7, 11) is 0. The highest BCUT2D eigenvalue weighted by Gasteiger charge is 2.41. The van der Waals surface area contributed by atoms with Crippen LogP contribution >= 0.6 is 0 Å². The minimum Gasteiger partial charge on any atom is -0.349 e. The van der Waals surface area contributed by atoms with Crippen LogP contribution < -0.4 is 10.6 Å². The molecule has 0 radical (unpaired) electrons. The Hall–Kier alpha value is -2.82. The van der Waals surface area contributed by atoms with Gasteiger partial charge in [0.15, 0.2) is 0 Å². The van der Waals surface area contributed by atoms with Crippen LogP contribution in [0.5, 0.6) is 0 Å². The number of benzene rings is 2. The van der Waals surface area contributed by atoms with Crippen molar-refractivity contribution in [1.82, 2.24) is 15.5 Å². The van der Waals surface area contributed by atoms with Crippen LogP contribution in [-0.4, -0.2) is 35.0 Å². The molecule has 2 fully saturated rings. The first-order valence-corrected chi connectivity index (χ1v) is 10.6. The number of piperidine rings is 2. The van der Waals surface area contributed by atoms with E-state index in [4.69, 9.17) is 0 Å². The Morgan fingerprint density at radius 1 is 0.966 bits per heavy atom. The normalized spacial score (nSPS) is 23.3. The first-order chi connectivity index (χ1) is 14.1. The van der Waals surface area contributed by atoms with E-state index in [-0.39, 0.29) is 30.1 Å². The molecule has 2 unspecified atom stereocenters. The lowest BCUT2D eigenvalue weighted by Gasteiger charge is -2.48. The fourth-order valence-corrected chi connectivity index (χ4v) is 4.67. The van der Waals surface area contributed by atoms with Crippen LogP contribution in [0.25, 0.3) is 0 Å². The predicted molar refractivity (Wildman–Crippen MR) is 114 cm³/mol. The van der Waals surface area contributed by atoms with Gasteiger partial charge in [-0.15, -0.1) is 0 Å². The van der Waals surface area contributed by atoms with Gasteiger partial charge in [0.25, 0.3) is 5.91 Å². The number of fused-ring (bicyclic) bond motifs is 2. The van der Waals surface area contributed by atoms with Gasteiger partial charge in [-0.25, -0.2) is 4.79 Å². The molecule has 2 aromatic carbocycles. The smallest absolute Gasteiger partial charge is 0.318 e. The highest BCUT2D eigenvalue weighted by molar-refractivity contribution is 5.94. The van der Waals surface area contributed by atoms with Crippen LogP contribution in [0, 0.1) is 6.92 Å². The Kier molecular flexibility index (Phi) is 5.84. The van der Waals surface area contributed by atoms with Gasteiger partial charge < -0.3 is 15.5 Å². The highest BCUT2D eigenvalue weighted by atomic mass is 16.2. The van der Waals surface area contributed by atoms with E-state index in [2.05, 4.69) is 10.6 Å². The van der Waals surface area contributed by atoms with Gasteiger partial charge in [0.2, 0.25) is 0 Å². The number of carbonyl (C=O) groups excluding carboxylic acids is 2. The minimum atomic E-state index is -0.0185. The number of nitrogens with one attached hydrogen (secondary N) is 2. The molecule has 0 spiro atoms. The molecule has 152 valence electrons. The summed E-state index contributed by atoms with van der Waals surface area (Å²) in [6.07, 6.45) is 4.81. The van der Waals surface area contributed by atoms with Crippen molar-refractivity contribution in [1.29, 1.82) is 0 Å². The second-order valence-corrected chi connectivity index (χ2v) is 8.30. The molecular formula is C24H29N3O2. The van der Waals surface area contributed by atoms with Gasteiger partial charge in [0.05, 0.1) is 0 Å². The lowest BCUT2D eigenvalue weighted by atomic mass is 9.82. The Morgan fingerprint density at radius 3 is 2.28 bits per heavy atom. The number of urea groups is 1. The summed E-state index contributed by atoms with van der Waals surface area (Å²) in [4.78, 5) is 27.6. The quantitative estimate of drug-likeness (QED) is 0.827. The van der Waals surface area contributed by atoms with Crippen LogP contribution in [0.3, 0.4) is 0 Å². The Morgan fingerprint density at radius 2 is 1.62 bits per heavy atom. The molecule has 2 aliphatic heterocycles. The third-order valence-corrected chi connectivity index (χ3v) is 6.14. The summed E-state index contributed by atoms with van der Waals surface area (Å²) in [6, 6.07) is 18.2. The molecule has 2 bridgehead atoms. The molecule has 3 amide bonds. The SMILES string of the molecule is Cc1ccc(C(=O)NC2CC3CCCC(C2)N3C(=O)NCc2ccccc2)cc1. The van der Waals surface area contributed by atoms with Crippen molar-refractivity contribution < 1.29 is 9.59 Å². The molecule has 5 heteroatoms. The molecule has 29 heavy (non-hydrogen) atoms. The lowest BCUT2D eigenvalue weighted by molar-refractivity contribution is 0.0522. The average Bonchev–Trinajstić information content (AvgIpc) is 2.72. The van der Waals surface area contributed by atoms with Crippen LogP contribution in [0.15, 0.2) is 54.6 Å². The van der Waals surface area contributed by atoms with E-state index in [1.54, 1.807) is 0 Å². The summed E-state index contributed by atoms with van der Waals surface area (Å²) in [5.74, 6) is -0.0185. The van der Waals surface area contributed by atoms with Crippen molar-refractivity contribution in [2.24, 2.45) is 0 Å². The molecule has 2 aromatic rings. The van der Waals surface area contributed by atoms with Crippen molar-refractivity contribution in [3.05, 3.63) is 71.3 Å². The second kappa shape index (κ2) is 8.68. The van der Waals surface area contributed by atoms with E-state index in [1.807, 2.05) is 66.4 Å². The van der Waals surface area contributed by atoms with E-state index < -0.39 is 0 Å². The van der Waals surface area contributed by atoms with Gasteiger partial charge in [0.1, 0.15) is 0 Å². The molecule has 4 rings (SSSR count). The zero-order chi connectivity index (χ0) is 20.2.